The Labute approximate surface area is 117 Å². The first-order valence-electron chi connectivity index (χ1n) is 6.77. The lowest BCUT2D eigenvalue weighted by Gasteiger charge is -2.18. The highest BCUT2D eigenvalue weighted by Crippen LogP contribution is 2.21. The van der Waals surface area contributed by atoms with Crippen molar-refractivity contribution in [2.75, 3.05) is 6.54 Å². The molecule has 0 amide bonds. The van der Waals surface area contributed by atoms with E-state index in [0.29, 0.717) is 5.56 Å². The third-order valence-corrected chi connectivity index (χ3v) is 3.18. The van der Waals surface area contributed by atoms with Crippen molar-refractivity contribution < 1.29 is 8.78 Å². The number of hydrogen-bond acceptors (Lipinski definition) is 2. The number of nitrogens with one attached hydrogen (secondary N) is 1. The Balaban J connectivity index is 2.10. The lowest BCUT2D eigenvalue weighted by molar-refractivity contribution is 0.503. The van der Waals surface area contributed by atoms with Gasteiger partial charge in [0.15, 0.2) is 0 Å². The molecule has 0 aliphatic heterocycles. The van der Waals surface area contributed by atoms with Crippen LogP contribution in [0.1, 0.15) is 30.5 Å². The summed E-state index contributed by atoms with van der Waals surface area (Å²) in [5.74, 6) is -1.08. The zero-order chi connectivity index (χ0) is 14.4. The van der Waals surface area contributed by atoms with Crippen LogP contribution < -0.4 is 5.32 Å². The summed E-state index contributed by atoms with van der Waals surface area (Å²) in [5.41, 5.74) is 1.76. The first-order chi connectivity index (χ1) is 9.69. The van der Waals surface area contributed by atoms with Crippen molar-refractivity contribution in [3.8, 4) is 0 Å². The minimum absolute atomic E-state index is 0.0644. The normalized spacial score (nSPS) is 12.3. The standard InChI is InChI=1S/C16H18F2N2/c1-2-20-16(6-5-12-4-3-7-19-11-12)13-8-14(17)10-15(18)9-13/h3-4,7-11,16,20H,2,5-6H2,1H3. The molecule has 1 aromatic heterocycles. The van der Waals surface area contributed by atoms with Crippen LogP contribution in [0.15, 0.2) is 42.7 Å². The second kappa shape index (κ2) is 7.10. The van der Waals surface area contributed by atoms with Crippen LogP contribution in [0.4, 0.5) is 8.78 Å². The third kappa shape index (κ3) is 4.10. The molecule has 1 N–H and O–H groups in total. The van der Waals surface area contributed by atoms with Gasteiger partial charge >= 0.3 is 0 Å². The van der Waals surface area contributed by atoms with E-state index in [2.05, 4.69) is 10.3 Å². The molecule has 1 unspecified atom stereocenters. The molecule has 0 saturated carbocycles. The molecule has 1 atom stereocenters. The Kier molecular flexibility index (Phi) is 5.18. The maximum atomic E-state index is 13.3. The van der Waals surface area contributed by atoms with Crippen molar-refractivity contribution in [1.29, 1.82) is 0 Å². The van der Waals surface area contributed by atoms with E-state index >= 15 is 0 Å². The summed E-state index contributed by atoms with van der Waals surface area (Å²) < 4.78 is 26.6. The van der Waals surface area contributed by atoms with Crippen molar-refractivity contribution in [1.82, 2.24) is 10.3 Å². The van der Waals surface area contributed by atoms with Gasteiger partial charge in [0.2, 0.25) is 0 Å². The van der Waals surface area contributed by atoms with Gasteiger partial charge in [0.25, 0.3) is 0 Å². The van der Waals surface area contributed by atoms with Crippen molar-refractivity contribution in [2.24, 2.45) is 0 Å². The van der Waals surface area contributed by atoms with E-state index in [1.165, 1.54) is 12.1 Å². The summed E-state index contributed by atoms with van der Waals surface area (Å²) >= 11 is 0. The van der Waals surface area contributed by atoms with Gasteiger partial charge in [-0.05, 0) is 48.7 Å². The average molecular weight is 276 g/mol. The second-order valence-corrected chi connectivity index (χ2v) is 4.71. The maximum absolute atomic E-state index is 13.3. The lowest BCUT2D eigenvalue weighted by atomic mass is 9.99. The van der Waals surface area contributed by atoms with Gasteiger partial charge in [0, 0.05) is 24.5 Å². The van der Waals surface area contributed by atoms with Crippen LogP contribution >= 0.6 is 0 Å². The molecule has 0 bridgehead atoms. The van der Waals surface area contributed by atoms with Gasteiger partial charge in [-0.1, -0.05) is 13.0 Å². The highest BCUT2D eigenvalue weighted by atomic mass is 19.1. The molecule has 106 valence electrons. The SMILES string of the molecule is CCNC(CCc1cccnc1)c1cc(F)cc(F)c1. The van der Waals surface area contributed by atoms with Gasteiger partial charge < -0.3 is 5.32 Å². The first-order valence-corrected chi connectivity index (χ1v) is 6.77. The fourth-order valence-electron chi connectivity index (χ4n) is 2.27. The topological polar surface area (TPSA) is 24.9 Å². The number of pyridine rings is 1. The first kappa shape index (κ1) is 14.6. The van der Waals surface area contributed by atoms with E-state index < -0.39 is 11.6 Å². The van der Waals surface area contributed by atoms with Crippen LogP contribution in [0.3, 0.4) is 0 Å². The lowest BCUT2D eigenvalue weighted by Crippen LogP contribution is -2.21. The molecule has 0 saturated heterocycles. The van der Waals surface area contributed by atoms with Crippen LogP contribution in [0.25, 0.3) is 0 Å². The molecule has 0 aliphatic rings. The molecule has 0 radical (unpaired) electrons. The molecule has 2 nitrogen and oxygen atoms in total. The Hall–Kier alpha value is -1.81. The van der Waals surface area contributed by atoms with Crippen molar-refractivity contribution in [3.63, 3.8) is 0 Å². The zero-order valence-electron chi connectivity index (χ0n) is 11.4. The van der Waals surface area contributed by atoms with Crippen molar-refractivity contribution in [2.45, 2.75) is 25.8 Å². The molecular weight excluding hydrogens is 258 g/mol. The van der Waals surface area contributed by atoms with Crippen LogP contribution in [0, 0.1) is 11.6 Å². The molecular formula is C16H18F2N2. The fraction of sp³-hybridized carbons (Fsp3) is 0.312. The monoisotopic (exact) mass is 276 g/mol. The summed E-state index contributed by atoms with van der Waals surface area (Å²) in [6.45, 7) is 2.72. The largest absolute Gasteiger partial charge is 0.310 e. The number of halogens is 2. The molecule has 0 aliphatic carbocycles. The maximum Gasteiger partial charge on any atom is 0.126 e. The highest BCUT2D eigenvalue weighted by molar-refractivity contribution is 5.22. The van der Waals surface area contributed by atoms with Gasteiger partial charge in [-0.3, -0.25) is 4.98 Å². The summed E-state index contributed by atoms with van der Waals surface area (Å²) in [6.07, 6.45) is 5.12. The molecule has 1 aromatic carbocycles. The second-order valence-electron chi connectivity index (χ2n) is 4.71. The van der Waals surface area contributed by atoms with E-state index in [4.69, 9.17) is 0 Å². The Morgan fingerprint density at radius 2 is 1.95 bits per heavy atom. The van der Waals surface area contributed by atoms with Crippen molar-refractivity contribution in [3.05, 3.63) is 65.5 Å². The Morgan fingerprint density at radius 3 is 2.55 bits per heavy atom. The Bertz CT molecular complexity index is 523. The van der Waals surface area contributed by atoms with Crippen molar-refractivity contribution >= 4 is 0 Å². The van der Waals surface area contributed by atoms with Gasteiger partial charge in [0.05, 0.1) is 0 Å². The number of aryl methyl sites for hydroxylation is 1. The molecule has 0 spiro atoms. The fourth-order valence-corrected chi connectivity index (χ4v) is 2.27. The molecule has 20 heavy (non-hydrogen) atoms. The van der Waals surface area contributed by atoms with Crippen LogP contribution in [0.5, 0.6) is 0 Å². The van der Waals surface area contributed by atoms with E-state index in [1.807, 2.05) is 25.3 Å². The molecule has 2 rings (SSSR count). The number of hydrogen-bond donors (Lipinski definition) is 1. The van der Waals surface area contributed by atoms with Crippen LogP contribution in [-0.4, -0.2) is 11.5 Å². The van der Waals surface area contributed by atoms with Gasteiger partial charge in [-0.2, -0.15) is 0 Å². The molecule has 2 aromatic rings. The van der Waals surface area contributed by atoms with Crippen LogP contribution in [-0.2, 0) is 6.42 Å². The minimum Gasteiger partial charge on any atom is -0.310 e. The van der Waals surface area contributed by atoms with Gasteiger partial charge in [0.1, 0.15) is 11.6 Å². The number of nitrogens with zero attached hydrogens (tertiary/aromatic N) is 1. The third-order valence-electron chi connectivity index (χ3n) is 3.18. The van der Waals surface area contributed by atoms with E-state index in [1.54, 1.807) is 6.20 Å². The number of benzene rings is 1. The predicted octanol–water partition coefficient (Wildman–Crippen LogP) is 3.64. The Morgan fingerprint density at radius 1 is 1.20 bits per heavy atom. The van der Waals surface area contributed by atoms with E-state index in [0.717, 1.165) is 31.0 Å². The molecule has 1 heterocycles. The summed E-state index contributed by atoms with van der Waals surface area (Å²) in [6, 6.07) is 7.50. The zero-order valence-corrected chi connectivity index (χ0v) is 11.4. The summed E-state index contributed by atoms with van der Waals surface area (Å²) in [7, 11) is 0. The van der Waals surface area contributed by atoms with Crippen LogP contribution in [0.2, 0.25) is 0 Å². The highest BCUT2D eigenvalue weighted by Gasteiger charge is 2.13. The van der Waals surface area contributed by atoms with E-state index in [9.17, 15) is 8.78 Å². The van der Waals surface area contributed by atoms with Gasteiger partial charge in [-0.25, -0.2) is 8.78 Å². The molecule has 4 heteroatoms. The molecule has 0 fully saturated rings. The number of rotatable bonds is 6. The summed E-state index contributed by atoms with van der Waals surface area (Å²) in [5, 5.41) is 3.27. The minimum atomic E-state index is -0.538. The predicted molar refractivity (Wildman–Crippen MR) is 75.3 cm³/mol. The van der Waals surface area contributed by atoms with Gasteiger partial charge in [-0.15, -0.1) is 0 Å². The summed E-state index contributed by atoms with van der Waals surface area (Å²) in [4.78, 5) is 4.07. The van der Waals surface area contributed by atoms with E-state index in [-0.39, 0.29) is 6.04 Å². The average Bonchev–Trinajstić information content (AvgIpc) is 2.43. The number of aromatic nitrogens is 1. The quantitative estimate of drug-likeness (QED) is 0.871. The smallest absolute Gasteiger partial charge is 0.126 e.